The fourth-order valence-corrected chi connectivity index (χ4v) is 3.43. The molecule has 170 valence electrons. The third kappa shape index (κ3) is 4.55. The molecule has 0 unspecified atom stereocenters. The first-order valence-corrected chi connectivity index (χ1v) is 10.1. The van der Waals surface area contributed by atoms with Crippen molar-refractivity contribution in [2.75, 3.05) is 39.0 Å². The standard InChI is InChI=1S/C23H24N6O4/c1-31-9-8-29-7-6-14-10-17(15-12-25-23(24)26-13-15)28-21(20(14)22(29)30)27-16-4-5-18(32-2)19(11-16)33-3/h4-7,10-13H,8-9H2,1-3H3,(H,27,28)(H2,24,25,26). The van der Waals surface area contributed by atoms with Crippen LogP contribution in [0.4, 0.5) is 17.5 Å². The topological polar surface area (TPSA) is 126 Å². The molecule has 10 nitrogen and oxygen atoms in total. The summed E-state index contributed by atoms with van der Waals surface area (Å²) >= 11 is 0. The van der Waals surface area contributed by atoms with Crippen LogP contribution in [0.15, 0.2) is 53.7 Å². The van der Waals surface area contributed by atoms with Gasteiger partial charge in [-0.25, -0.2) is 15.0 Å². The van der Waals surface area contributed by atoms with Crippen molar-refractivity contribution in [3.63, 3.8) is 0 Å². The van der Waals surface area contributed by atoms with Crippen molar-refractivity contribution in [2.24, 2.45) is 0 Å². The second-order valence-electron chi connectivity index (χ2n) is 7.15. The number of nitrogens with one attached hydrogen (secondary N) is 1. The van der Waals surface area contributed by atoms with Gasteiger partial charge >= 0.3 is 0 Å². The van der Waals surface area contributed by atoms with Gasteiger partial charge in [0.1, 0.15) is 5.82 Å². The lowest BCUT2D eigenvalue weighted by Crippen LogP contribution is -2.22. The van der Waals surface area contributed by atoms with Crippen molar-refractivity contribution in [1.29, 1.82) is 0 Å². The number of hydrogen-bond acceptors (Lipinski definition) is 9. The van der Waals surface area contributed by atoms with E-state index in [-0.39, 0.29) is 11.5 Å². The Morgan fingerprint density at radius 2 is 1.79 bits per heavy atom. The first-order valence-electron chi connectivity index (χ1n) is 10.1. The zero-order chi connectivity index (χ0) is 23.4. The molecule has 0 aliphatic heterocycles. The van der Waals surface area contributed by atoms with Crippen molar-refractivity contribution >= 4 is 28.2 Å². The molecule has 0 radical (unpaired) electrons. The van der Waals surface area contributed by atoms with Gasteiger partial charge in [-0.1, -0.05) is 0 Å². The lowest BCUT2D eigenvalue weighted by molar-refractivity contribution is 0.186. The van der Waals surface area contributed by atoms with Crippen LogP contribution in [-0.4, -0.2) is 47.5 Å². The third-order valence-electron chi connectivity index (χ3n) is 5.11. The first-order chi connectivity index (χ1) is 16.0. The van der Waals surface area contributed by atoms with Crippen LogP contribution in [0.3, 0.4) is 0 Å². The normalized spacial score (nSPS) is 10.9. The molecule has 0 bridgehead atoms. The van der Waals surface area contributed by atoms with Gasteiger partial charge in [0.15, 0.2) is 11.5 Å². The highest BCUT2D eigenvalue weighted by atomic mass is 16.5. The number of nitrogen functional groups attached to an aromatic ring is 1. The summed E-state index contributed by atoms with van der Waals surface area (Å²) in [7, 11) is 4.73. The maximum Gasteiger partial charge on any atom is 0.262 e. The average molecular weight is 448 g/mol. The van der Waals surface area contributed by atoms with E-state index in [1.807, 2.05) is 18.2 Å². The van der Waals surface area contributed by atoms with Gasteiger partial charge in [-0.2, -0.15) is 0 Å². The van der Waals surface area contributed by atoms with Crippen molar-refractivity contribution in [2.45, 2.75) is 6.54 Å². The lowest BCUT2D eigenvalue weighted by Gasteiger charge is -2.15. The zero-order valence-electron chi connectivity index (χ0n) is 18.5. The Hall–Kier alpha value is -4.18. The molecule has 0 fully saturated rings. The number of anilines is 3. The maximum absolute atomic E-state index is 13.3. The lowest BCUT2D eigenvalue weighted by atomic mass is 10.1. The number of ether oxygens (including phenoxy) is 3. The molecule has 0 saturated carbocycles. The van der Waals surface area contributed by atoms with Crippen LogP contribution >= 0.6 is 0 Å². The molecule has 3 aromatic heterocycles. The molecule has 1 aromatic carbocycles. The number of pyridine rings is 2. The molecule has 3 N–H and O–H groups in total. The number of hydrogen-bond donors (Lipinski definition) is 2. The predicted molar refractivity (Wildman–Crippen MR) is 126 cm³/mol. The smallest absolute Gasteiger partial charge is 0.262 e. The first kappa shape index (κ1) is 22.0. The van der Waals surface area contributed by atoms with Gasteiger partial charge < -0.3 is 29.8 Å². The Morgan fingerprint density at radius 1 is 1.03 bits per heavy atom. The summed E-state index contributed by atoms with van der Waals surface area (Å²) in [6.45, 7) is 0.840. The van der Waals surface area contributed by atoms with E-state index < -0.39 is 0 Å². The van der Waals surface area contributed by atoms with Crippen LogP contribution in [0.2, 0.25) is 0 Å². The van der Waals surface area contributed by atoms with Gasteiger partial charge in [0.2, 0.25) is 5.95 Å². The molecular weight excluding hydrogens is 424 g/mol. The summed E-state index contributed by atoms with van der Waals surface area (Å²) in [6.07, 6.45) is 4.93. The number of methoxy groups -OCH3 is 3. The van der Waals surface area contributed by atoms with Crippen LogP contribution in [0.5, 0.6) is 11.5 Å². The number of benzene rings is 1. The Balaban J connectivity index is 1.88. The van der Waals surface area contributed by atoms with Crippen LogP contribution in [0.1, 0.15) is 0 Å². The van der Waals surface area contributed by atoms with Crippen molar-refractivity contribution in [1.82, 2.24) is 19.5 Å². The molecular formula is C23H24N6O4. The largest absolute Gasteiger partial charge is 0.493 e. The average Bonchev–Trinajstić information content (AvgIpc) is 2.83. The number of aromatic nitrogens is 4. The summed E-state index contributed by atoms with van der Waals surface area (Å²) in [6, 6.07) is 9.07. The second-order valence-corrected chi connectivity index (χ2v) is 7.15. The predicted octanol–water partition coefficient (Wildman–Crippen LogP) is 2.84. The minimum Gasteiger partial charge on any atom is -0.493 e. The molecule has 4 rings (SSSR count). The van der Waals surface area contributed by atoms with Crippen molar-refractivity contribution in [3.05, 3.63) is 59.3 Å². The van der Waals surface area contributed by atoms with E-state index in [0.717, 1.165) is 5.39 Å². The molecule has 4 aromatic rings. The Kier molecular flexibility index (Phi) is 6.36. The number of nitrogens with two attached hydrogens (primary N) is 1. The fraction of sp³-hybridized carbons (Fsp3) is 0.217. The van der Waals surface area contributed by atoms with Gasteiger partial charge in [0.25, 0.3) is 5.56 Å². The molecule has 0 aliphatic rings. The second kappa shape index (κ2) is 9.53. The summed E-state index contributed by atoms with van der Waals surface area (Å²) in [5.74, 6) is 1.70. The molecule has 10 heteroatoms. The monoisotopic (exact) mass is 448 g/mol. The van der Waals surface area contributed by atoms with E-state index in [9.17, 15) is 4.79 Å². The highest BCUT2D eigenvalue weighted by Crippen LogP contribution is 2.33. The van der Waals surface area contributed by atoms with E-state index in [1.54, 1.807) is 56.6 Å². The maximum atomic E-state index is 13.3. The van der Waals surface area contributed by atoms with E-state index in [4.69, 9.17) is 24.9 Å². The Labute approximate surface area is 190 Å². The van der Waals surface area contributed by atoms with E-state index in [1.165, 1.54) is 0 Å². The molecule has 0 aliphatic carbocycles. The fourth-order valence-electron chi connectivity index (χ4n) is 3.43. The van der Waals surface area contributed by atoms with Gasteiger partial charge in [0.05, 0.1) is 31.9 Å². The van der Waals surface area contributed by atoms with Crippen LogP contribution in [-0.2, 0) is 11.3 Å². The molecule has 3 heterocycles. The van der Waals surface area contributed by atoms with Crippen molar-refractivity contribution < 1.29 is 14.2 Å². The minimum absolute atomic E-state index is 0.171. The van der Waals surface area contributed by atoms with Crippen LogP contribution < -0.4 is 26.1 Å². The molecule has 0 saturated heterocycles. The van der Waals surface area contributed by atoms with Crippen LogP contribution in [0, 0.1) is 0 Å². The number of rotatable bonds is 8. The van der Waals surface area contributed by atoms with E-state index >= 15 is 0 Å². The molecule has 0 atom stereocenters. The summed E-state index contributed by atoms with van der Waals surface area (Å²) < 4.78 is 17.4. The minimum atomic E-state index is -0.180. The van der Waals surface area contributed by atoms with E-state index in [2.05, 4.69) is 15.3 Å². The quantitative estimate of drug-likeness (QED) is 0.418. The van der Waals surface area contributed by atoms with Gasteiger partial charge in [-0.15, -0.1) is 0 Å². The van der Waals surface area contributed by atoms with E-state index in [0.29, 0.717) is 52.8 Å². The van der Waals surface area contributed by atoms with Gasteiger partial charge in [-0.05, 0) is 29.7 Å². The summed E-state index contributed by atoms with van der Waals surface area (Å²) in [4.78, 5) is 26.1. The zero-order valence-corrected chi connectivity index (χ0v) is 18.5. The number of fused-ring (bicyclic) bond motifs is 1. The SMILES string of the molecule is COCCn1ccc2cc(-c3cnc(N)nc3)nc(Nc3ccc(OC)c(OC)c3)c2c1=O. The summed E-state index contributed by atoms with van der Waals surface area (Å²) in [5.41, 5.74) is 7.39. The highest BCUT2D eigenvalue weighted by molar-refractivity contribution is 5.95. The molecule has 33 heavy (non-hydrogen) atoms. The summed E-state index contributed by atoms with van der Waals surface area (Å²) in [5, 5.41) is 4.43. The third-order valence-corrected chi connectivity index (χ3v) is 5.11. The molecule has 0 spiro atoms. The van der Waals surface area contributed by atoms with Crippen molar-refractivity contribution in [3.8, 4) is 22.8 Å². The van der Waals surface area contributed by atoms with Gasteiger partial charge in [-0.3, -0.25) is 4.79 Å². The molecule has 0 amide bonds. The van der Waals surface area contributed by atoms with Crippen LogP contribution in [0.25, 0.3) is 22.0 Å². The highest BCUT2D eigenvalue weighted by Gasteiger charge is 2.15. The Morgan fingerprint density at radius 3 is 2.48 bits per heavy atom. The Bertz CT molecular complexity index is 1340. The number of nitrogens with zero attached hydrogens (tertiary/aromatic N) is 4. The van der Waals surface area contributed by atoms with Gasteiger partial charge in [0, 0.05) is 49.6 Å².